The number of H-pyrrole nitrogens is 1. The minimum atomic E-state index is -0.566. The van der Waals surface area contributed by atoms with Gasteiger partial charge in [0.05, 0.1) is 23.5 Å². The van der Waals surface area contributed by atoms with E-state index in [9.17, 15) is 14.9 Å². The van der Waals surface area contributed by atoms with E-state index in [-0.39, 0.29) is 17.5 Å². The van der Waals surface area contributed by atoms with Crippen molar-refractivity contribution in [2.75, 3.05) is 5.32 Å². The molecular formula is C25H30N6O3. The zero-order valence-corrected chi connectivity index (χ0v) is 19.7. The number of pyridine rings is 1. The van der Waals surface area contributed by atoms with Gasteiger partial charge in [-0.1, -0.05) is 25.0 Å². The number of nitrogens with one attached hydrogen (secondary N) is 3. The second-order valence-corrected chi connectivity index (χ2v) is 9.63. The molecule has 1 saturated carbocycles. The average molecular weight is 463 g/mol. The number of hydrogen-bond acceptors (Lipinski definition) is 6. The maximum absolute atomic E-state index is 12.7. The van der Waals surface area contributed by atoms with Crippen LogP contribution in [0.2, 0.25) is 0 Å². The van der Waals surface area contributed by atoms with Gasteiger partial charge in [-0.05, 0) is 57.4 Å². The van der Waals surface area contributed by atoms with Gasteiger partial charge in [-0.15, -0.1) is 0 Å². The molecule has 0 unspecified atom stereocenters. The first-order valence-corrected chi connectivity index (χ1v) is 11.6. The van der Waals surface area contributed by atoms with E-state index in [1.165, 1.54) is 0 Å². The number of nitriles is 1. The maximum atomic E-state index is 12.7. The van der Waals surface area contributed by atoms with Crippen LogP contribution >= 0.6 is 0 Å². The molecule has 1 aliphatic rings. The van der Waals surface area contributed by atoms with Gasteiger partial charge in [0.2, 0.25) is 0 Å². The first-order chi connectivity index (χ1) is 16.2. The Morgan fingerprint density at radius 3 is 2.85 bits per heavy atom. The Hall–Kier alpha value is -3.80. The summed E-state index contributed by atoms with van der Waals surface area (Å²) in [6.07, 6.45) is 4.88. The molecule has 34 heavy (non-hydrogen) atoms. The molecule has 9 heteroatoms. The van der Waals surface area contributed by atoms with Gasteiger partial charge in [-0.25, -0.2) is 4.79 Å². The van der Waals surface area contributed by atoms with Crippen LogP contribution in [0.25, 0.3) is 10.9 Å². The molecule has 4 rings (SSSR count). The van der Waals surface area contributed by atoms with Crippen LogP contribution in [-0.2, 0) is 11.3 Å². The van der Waals surface area contributed by atoms with Gasteiger partial charge in [0.25, 0.3) is 5.56 Å². The molecule has 3 aromatic rings. The number of nitrogens with zero attached hydrogens (tertiary/aromatic N) is 3. The molecule has 1 fully saturated rings. The lowest BCUT2D eigenvalue weighted by atomic mass is 9.85. The predicted octanol–water partition coefficient (Wildman–Crippen LogP) is 4.75. The van der Waals surface area contributed by atoms with E-state index in [2.05, 4.69) is 21.7 Å². The van der Waals surface area contributed by atoms with Crippen molar-refractivity contribution in [1.82, 2.24) is 20.1 Å². The van der Waals surface area contributed by atoms with Crippen molar-refractivity contribution in [3.05, 3.63) is 52.4 Å². The summed E-state index contributed by atoms with van der Waals surface area (Å²) in [4.78, 5) is 27.4. The van der Waals surface area contributed by atoms with Gasteiger partial charge in [-0.3, -0.25) is 9.48 Å². The van der Waals surface area contributed by atoms with Crippen molar-refractivity contribution in [2.45, 2.75) is 64.6 Å². The number of anilines is 2. The Balaban J connectivity index is 1.59. The first-order valence-electron chi connectivity index (χ1n) is 11.6. The minimum Gasteiger partial charge on any atom is -0.444 e. The highest BCUT2D eigenvalue weighted by molar-refractivity contribution is 5.91. The fourth-order valence-electron chi connectivity index (χ4n) is 4.38. The van der Waals surface area contributed by atoms with Crippen LogP contribution < -0.4 is 16.2 Å². The van der Waals surface area contributed by atoms with E-state index in [0.29, 0.717) is 23.3 Å². The fraction of sp³-hybridized carbons (Fsp3) is 0.440. The number of fused-ring (bicyclic) bond motifs is 1. The third-order valence-electron chi connectivity index (χ3n) is 5.87. The van der Waals surface area contributed by atoms with E-state index in [1.54, 1.807) is 6.20 Å². The lowest BCUT2D eigenvalue weighted by Crippen LogP contribution is -2.32. The Bertz CT molecular complexity index is 1280. The summed E-state index contributed by atoms with van der Waals surface area (Å²) in [5.74, 6) is 0.308. The first kappa shape index (κ1) is 23.4. The van der Waals surface area contributed by atoms with Gasteiger partial charge >= 0.3 is 6.09 Å². The molecule has 2 atom stereocenters. The number of carbonyl (C=O) groups is 1. The molecule has 2 aromatic heterocycles. The quantitative estimate of drug-likeness (QED) is 0.503. The van der Waals surface area contributed by atoms with Crippen LogP contribution in [0.5, 0.6) is 0 Å². The van der Waals surface area contributed by atoms with Gasteiger partial charge in [-0.2, -0.15) is 10.4 Å². The zero-order chi connectivity index (χ0) is 24.3. The Morgan fingerprint density at radius 2 is 2.09 bits per heavy atom. The Labute approximate surface area is 198 Å². The van der Waals surface area contributed by atoms with Crippen molar-refractivity contribution >= 4 is 28.5 Å². The number of amides is 1. The average Bonchev–Trinajstić information content (AvgIpc) is 3.16. The fourth-order valence-corrected chi connectivity index (χ4v) is 4.38. The van der Waals surface area contributed by atoms with Crippen molar-refractivity contribution in [3.63, 3.8) is 0 Å². The molecule has 0 bridgehead atoms. The highest BCUT2D eigenvalue weighted by Gasteiger charge is 2.29. The SMILES string of the molecule is CC(C)(C)OC(=O)NCc1cccc(Nc2nn([C@H]3CCCC[C@@H]3C#N)c3cc[nH]c(=O)c23)c1. The summed E-state index contributed by atoms with van der Waals surface area (Å²) in [5.41, 5.74) is 1.51. The maximum Gasteiger partial charge on any atom is 0.407 e. The summed E-state index contributed by atoms with van der Waals surface area (Å²) in [5, 5.41) is 20.9. The molecular weight excluding hydrogens is 432 g/mol. The van der Waals surface area contributed by atoms with Crippen LogP contribution in [0.1, 0.15) is 58.1 Å². The number of hydrogen-bond donors (Lipinski definition) is 3. The molecule has 9 nitrogen and oxygen atoms in total. The van der Waals surface area contributed by atoms with Crippen LogP contribution in [0, 0.1) is 17.2 Å². The largest absolute Gasteiger partial charge is 0.444 e. The third kappa shape index (κ3) is 5.22. The van der Waals surface area contributed by atoms with Gasteiger partial charge in [0.15, 0.2) is 5.82 Å². The molecule has 1 aromatic carbocycles. The number of aromatic nitrogens is 3. The molecule has 1 amide bonds. The van der Waals surface area contributed by atoms with Crippen molar-refractivity contribution in [3.8, 4) is 6.07 Å². The zero-order valence-electron chi connectivity index (χ0n) is 19.7. The molecule has 0 radical (unpaired) electrons. The number of benzene rings is 1. The van der Waals surface area contributed by atoms with E-state index in [0.717, 1.165) is 36.9 Å². The summed E-state index contributed by atoms with van der Waals surface area (Å²) < 4.78 is 7.13. The summed E-state index contributed by atoms with van der Waals surface area (Å²) in [6.45, 7) is 5.74. The predicted molar refractivity (Wildman–Crippen MR) is 130 cm³/mol. The van der Waals surface area contributed by atoms with Crippen LogP contribution in [0.3, 0.4) is 0 Å². The number of alkyl carbamates (subject to hydrolysis) is 1. The molecule has 0 spiro atoms. The highest BCUT2D eigenvalue weighted by atomic mass is 16.6. The smallest absolute Gasteiger partial charge is 0.407 e. The number of ether oxygens (including phenoxy) is 1. The van der Waals surface area contributed by atoms with Crippen molar-refractivity contribution in [1.29, 1.82) is 5.26 Å². The highest BCUT2D eigenvalue weighted by Crippen LogP contribution is 2.36. The van der Waals surface area contributed by atoms with Crippen molar-refractivity contribution in [2.24, 2.45) is 5.92 Å². The van der Waals surface area contributed by atoms with Crippen LogP contribution in [-0.4, -0.2) is 26.5 Å². The van der Waals surface area contributed by atoms with Crippen molar-refractivity contribution < 1.29 is 9.53 Å². The lowest BCUT2D eigenvalue weighted by Gasteiger charge is -2.27. The van der Waals surface area contributed by atoms with Gasteiger partial charge < -0.3 is 20.4 Å². The van der Waals surface area contributed by atoms with E-state index < -0.39 is 11.7 Å². The molecule has 1 aliphatic carbocycles. The number of rotatable bonds is 5. The standard InChI is InChI=1S/C25H30N6O3/c1-25(2,3)34-24(33)28-15-16-7-6-9-18(13-16)29-22-21-20(11-12-27-23(21)32)31(30-22)19-10-5-4-8-17(19)14-26/h6-7,9,11-13,17,19H,4-5,8,10,15H2,1-3H3,(H,27,32)(H,28,33)(H,29,30)/t17-,19+/m1/s1. The summed E-state index contributed by atoms with van der Waals surface area (Å²) in [6, 6.07) is 11.7. The summed E-state index contributed by atoms with van der Waals surface area (Å²) >= 11 is 0. The molecule has 0 saturated heterocycles. The molecule has 3 N–H and O–H groups in total. The third-order valence-corrected chi connectivity index (χ3v) is 5.87. The van der Waals surface area contributed by atoms with E-state index in [1.807, 2.05) is 55.8 Å². The molecule has 2 heterocycles. The second-order valence-electron chi connectivity index (χ2n) is 9.63. The van der Waals surface area contributed by atoms with Gasteiger partial charge in [0, 0.05) is 18.4 Å². The van der Waals surface area contributed by atoms with E-state index >= 15 is 0 Å². The monoisotopic (exact) mass is 462 g/mol. The lowest BCUT2D eigenvalue weighted by molar-refractivity contribution is 0.0523. The van der Waals surface area contributed by atoms with Crippen LogP contribution in [0.4, 0.5) is 16.3 Å². The Morgan fingerprint density at radius 1 is 1.29 bits per heavy atom. The number of aromatic amines is 1. The molecule has 0 aliphatic heterocycles. The minimum absolute atomic E-state index is 0.0667. The van der Waals surface area contributed by atoms with Crippen LogP contribution in [0.15, 0.2) is 41.3 Å². The second kappa shape index (κ2) is 9.59. The molecule has 178 valence electrons. The topological polar surface area (TPSA) is 125 Å². The van der Waals surface area contributed by atoms with Gasteiger partial charge in [0.1, 0.15) is 11.0 Å². The Kier molecular flexibility index (Phi) is 6.59. The summed E-state index contributed by atoms with van der Waals surface area (Å²) in [7, 11) is 0. The van der Waals surface area contributed by atoms with E-state index in [4.69, 9.17) is 9.84 Å². The normalized spacial score (nSPS) is 18.3. The number of carbonyl (C=O) groups excluding carboxylic acids is 1.